The molecule has 126 valence electrons. The number of hydrogen-bond donors (Lipinski definition) is 2. The van der Waals surface area contributed by atoms with Crippen molar-refractivity contribution in [1.82, 2.24) is 10.2 Å². The van der Waals surface area contributed by atoms with E-state index in [1.807, 2.05) is 42.1 Å². The highest BCUT2D eigenvalue weighted by Crippen LogP contribution is 2.24. The van der Waals surface area contributed by atoms with Crippen LogP contribution < -0.4 is 11.1 Å². The van der Waals surface area contributed by atoms with Crippen LogP contribution in [0.4, 0.5) is 0 Å². The molecule has 1 unspecified atom stereocenters. The number of rotatable bonds is 6. The van der Waals surface area contributed by atoms with Crippen LogP contribution in [0.3, 0.4) is 0 Å². The maximum absolute atomic E-state index is 12.5. The van der Waals surface area contributed by atoms with Crippen molar-refractivity contribution in [3.05, 3.63) is 35.9 Å². The number of nitrogens with one attached hydrogen (secondary N) is 1. The highest BCUT2D eigenvalue weighted by atomic mass is 35.5. The van der Waals surface area contributed by atoms with Crippen molar-refractivity contribution in [2.24, 2.45) is 5.73 Å². The molecule has 3 N–H and O–H groups in total. The standard InChI is InChI=1S/C15H23N3OS.2ClH/c16-7-4-8-17-15(19)14(13-5-2-1-3-6-13)18-9-11-20-12-10-18;;/h1-3,5-6,14H,4,7-12,16H2,(H,17,19);2*1H. The third-order valence-corrected chi connectivity index (χ3v) is 4.40. The van der Waals surface area contributed by atoms with E-state index in [9.17, 15) is 4.79 Å². The lowest BCUT2D eigenvalue weighted by molar-refractivity contribution is -0.126. The Kier molecular flexibility index (Phi) is 11.8. The van der Waals surface area contributed by atoms with Gasteiger partial charge in [-0.3, -0.25) is 9.69 Å². The third-order valence-electron chi connectivity index (χ3n) is 3.45. The van der Waals surface area contributed by atoms with Crippen LogP contribution in [-0.4, -0.2) is 48.5 Å². The third kappa shape index (κ3) is 6.34. The molecule has 0 aromatic heterocycles. The van der Waals surface area contributed by atoms with E-state index >= 15 is 0 Å². The summed E-state index contributed by atoms with van der Waals surface area (Å²) >= 11 is 1.95. The SMILES string of the molecule is Cl.Cl.NCCCNC(=O)C(c1ccccc1)N1CCSCC1. The van der Waals surface area contributed by atoms with Crippen molar-refractivity contribution in [3.8, 4) is 0 Å². The minimum Gasteiger partial charge on any atom is -0.354 e. The van der Waals surface area contributed by atoms with Gasteiger partial charge < -0.3 is 11.1 Å². The number of amides is 1. The number of carbonyl (C=O) groups is 1. The molecule has 0 radical (unpaired) electrons. The predicted octanol–water partition coefficient (Wildman–Crippen LogP) is 2.09. The van der Waals surface area contributed by atoms with Crippen molar-refractivity contribution in [3.63, 3.8) is 0 Å². The summed E-state index contributed by atoms with van der Waals surface area (Å²) in [5, 5.41) is 3.01. The first kappa shape index (κ1) is 21.5. The van der Waals surface area contributed by atoms with Gasteiger partial charge in [-0.15, -0.1) is 24.8 Å². The Hall–Kier alpha value is -0.460. The Morgan fingerprint density at radius 2 is 1.86 bits per heavy atom. The van der Waals surface area contributed by atoms with Gasteiger partial charge in [0, 0.05) is 31.1 Å². The normalized spacial score (nSPS) is 16.0. The lowest BCUT2D eigenvalue weighted by atomic mass is 10.0. The summed E-state index contributed by atoms with van der Waals surface area (Å²) < 4.78 is 0. The number of benzene rings is 1. The van der Waals surface area contributed by atoms with Gasteiger partial charge in [0.2, 0.25) is 5.91 Å². The minimum absolute atomic E-state index is 0. The quantitative estimate of drug-likeness (QED) is 0.757. The molecule has 1 heterocycles. The molecule has 1 aromatic rings. The average molecular weight is 366 g/mol. The summed E-state index contributed by atoms with van der Waals surface area (Å²) in [6.45, 7) is 3.20. The largest absolute Gasteiger partial charge is 0.354 e. The number of carbonyl (C=O) groups excluding carboxylic acids is 1. The van der Waals surface area contributed by atoms with Crippen LogP contribution in [0.15, 0.2) is 30.3 Å². The van der Waals surface area contributed by atoms with Gasteiger partial charge in [-0.25, -0.2) is 0 Å². The van der Waals surface area contributed by atoms with Gasteiger partial charge in [0.25, 0.3) is 0 Å². The fourth-order valence-electron chi connectivity index (χ4n) is 2.41. The molecule has 1 aromatic carbocycles. The summed E-state index contributed by atoms with van der Waals surface area (Å²) in [4.78, 5) is 14.8. The summed E-state index contributed by atoms with van der Waals surface area (Å²) in [6, 6.07) is 9.88. The van der Waals surface area contributed by atoms with E-state index < -0.39 is 0 Å². The second-order valence-corrected chi connectivity index (χ2v) is 6.12. The number of hydrogen-bond acceptors (Lipinski definition) is 4. The Labute approximate surface area is 149 Å². The van der Waals surface area contributed by atoms with Crippen LogP contribution in [0.5, 0.6) is 0 Å². The summed E-state index contributed by atoms with van der Waals surface area (Å²) in [5.41, 5.74) is 6.55. The highest BCUT2D eigenvalue weighted by molar-refractivity contribution is 7.99. The molecule has 2 rings (SSSR count). The second-order valence-electron chi connectivity index (χ2n) is 4.89. The Morgan fingerprint density at radius 3 is 2.45 bits per heavy atom. The van der Waals surface area contributed by atoms with Crippen LogP contribution in [0, 0.1) is 0 Å². The number of halogens is 2. The molecule has 1 fully saturated rings. The molecule has 0 aliphatic carbocycles. The molecule has 0 spiro atoms. The van der Waals surface area contributed by atoms with Crippen LogP contribution >= 0.6 is 36.6 Å². The van der Waals surface area contributed by atoms with E-state index in [0.717, 1.165) is 36.6 Å². The van der Waals surface area contributed by atoms with E-state index in [1.54, 1.807) is 0 Å². The monoisotopic (exact) mass is 365 g/mol. The molecule has 1 amide bonds. The maximum Gasteiger partial charge on any atom is 0.241 e. The van der Waals surface area contributed by atoms with Crippen LogP contribution in [0.2, 0.25) is 0 Å². The molecule has 0 saturated carbocycles. The predicted molar refractivity (Wildman–Crippen MR) is 99.3 cm³/mol. The fourth-order valence-corrected chi connectivity index (χ4v) is 3.34. The summed E-state index contributed by atoms with van der Waals surface area (Å²) in [6.07, 6.45) is 0.823. The van der Waals surface area contributed by atoms with Gasteiger partial charge >= 0.3 is 0 Å². The second kappa shape index (κ2) is 12.0. The zero-order chi connectivity index (χ0) is 14.2. The van der Waals surface area contributed by atoms with E-state index in [-0.39, 0.29) is 36.8 Å². The smallest absolute Gasteiger partial charge is 0.241 e. The van der Waals surface area contributed by atoms with E-state index in [4.69, 9.17) is 5.73 Å². The van der Waals surface area contributed by atoms with Gasteiger partial charge in [-0.2, -0.15) is 11.8 Å². The van der Waals surface area contributed by atoms with Crippen LogP contribution in [-0.2, 0) is 4.79 Å². The number of nitrogens with zero attached hydrogens (tertiary/aromatic N) is 1. The molecule has 0 bridgehead atoms. The van der Waals surface area contributed by atoms with Gasteiger partial charge in [-0.05, 0) is 18.5 Å². The summed E-state index contributed by atoms with van der Waals surface area (Å²) in [5.74, 6) is 2.29. The Morgan fingerprint density at radius 1 is 1.23 bits per heavy atom. The van der Waals surface area contributed by atoms with Gasteiger partial charge in [-0.1, -0.05) is 30.3 Å². The molecule has 1 saturated heterocycles. The fraction of sp³-hybridized carbons (Fsp3) is 0.533. The molecular formula is C15H25Cl2N3OS. The van der Waals surface area contributed by atoms with E-state index in [2.05, 4.69) is 10.2 Å². The van der Waals surface area contributed by atoms with E-state index in [1.165, 1.54) is 0 Å². The van der Waals surface area contributed by atoms with Crippen molar-refractivity contribution >= 4 is 42.5 Å². The highest BCUT2D eigenvalue weighted by Gasteiger charge is 2.28. The lowest BCUT2D eigenvalue weighted by Gasteiger charge is -2.33. The Balaban J connectivity index is 0.00000220. The molecule has 1 aliphatic rings. The Bertz CT molecular complexity index is 417. The van der Waals surface area contributed by atoms with E-state index in [0.29, 0.717) is 13.1 Å². The average Bonchev–Trinajstić information content (AvgIpc) is 2.50. The summed E-state index contributed by atoms with van der Waals surface area (Å²) in [7, 11) is 0. The topological polar surface area (TPSA) is 58.4 Å². The van der Waals surface area contributed by atoms with Crippen molar-refractivity contribution < 1.29 is 4.79 Å². The molecule has 22 heavy (non-hydrogen) atoms. The maximum atomic E-state index is 12.5. The first-order valence-electron chi connectivity index (χ1n) is 7.17. The minimum atomic E-state index is -0.171. The van der Waals surface area contributed by atoms with Gasteiger partial charge in [0.05, 0.1) is 0 Å². The molecule has 7 heteroatoms. The molecule has 1 atom stereocenters. The van der Waals surface area contributed by atoms with Gasteiger partial charge in [0.1, 0.15) is 6.04 Å². The van der Waals surface area contributed by atoms with Gasteiger partial charge in [0.15, 0.2) is 0 Å². The lowest BCUT2D eigenvalue weighted by Crippen LogP contribution is -2.44. The zero-order valence-electron chi connectivity index (χ0n) is 12.6. The zero-order valence-corrected chi connectivity index (χ0v) is 15.0. The van der Waals surface area contributed by atoms with Crippen molar-refractivity contribution in [1.29, 1.82) is 0 Å². The molecular weight excluding hydrogens is 341 g/mol. The molecule has 4 nitrogen and oxygen atoms in total. The van der Waals surface area contributed by atoms with Crippen LogP contribution in [0.25, 0.3) is 0 Å². The number of nitrogens with two attached hydrogens (primary N) is 1. The first-order valence-corrected chi connectivity index (χ1v) is 8.33. The van der Waals surface area contributed by atoms with Crippen LogP contribution in [0.1, 0.15) is 18.0 Å². The van der Waals surface area contributed by atoms with Crippen molar-refractivity contribution in [2.75, 3.05) is 37.7 Å². The molecule has 1 aliphatic heterocycles. The van der Waals surface area contributed by atoms with Crippen molar-refractivity contribution in [2.45, 2.75) is 12.5 Å². The number of thioether (sulfide) groups is 1. The first-order chi connectivity index (χ1) is 9.83.